The van der Waals surface area contributed by atoms with Gasteiger partial charge >= 0.3 is 0 Å². The van der Waals surface area contributed by atoms with Crippen molar-refractivity contribution in [2.45, 2.75) is 19.4 Å². The van der Waals surface area contributed by atoms with Gasteiger partial charge in [0.05, 0.1) is 5.69 Å². The van der Waals surface area contributed by atoms with E-state index in [1.807, 2.05) is 48.5 Å². The summed E-state index contributed by atoms with van der Waals surface area (Å²) in [4.78, 5) is 28.9. The molecule has 1 N–H and O–H groups in total. The average molecular weight is 399 g/mol. The van der Waals surface area contributed by atoms with Crippen LogP contribution < -0.4 is 15.6 Å². The van der Waals surface area contributed by atoms with E-state index >= 15 is 0 Å². The largest absolute Gasteiger partial charge is 0.487 e. The van der Waals surface area contributed by atoms with E-state index in [2.05, 4.69) is 10.3 Å². The molecule has 30 heavy (non-hydrogen) atoms. The molecule has 1 amide bonds. The fraction of sp³-hybridized carbons (Fsp3) is 0.125. The Kier molecular flexibility index (Phi) is 5.85. The number of hydrogen-bond donors (Lipinski definition) is 1. The third-order valence-electron chi connectivity index (χ3n) is 4.61. The lowest BCUT2D eigenvalue weighted by atomic mass is 10.1. The van der Waals surface area contributed by atoms with Crippen molar-refractivity contribution in [1.29, 1.82) is 0 Å². The number of carbonyl (C=O) groups excluding carboxylic acids is 1. The maximum Gasteiger partial charge on any atom is 0.258 e. The quantitative estimate of drug-likeness (QED) is 0.512. The van der Waals surface area contributed by atoms with Gasteiger partial charge in [0.15, 0.2) is 0 Å². The molecule has 0 spiro atoms. The third-order valence-corrected chi connectivity index (χ3v) is 4.61. The Hall–Kier alpha value is -3.93. The number of ether oxygens (including phenoxy) is 1. The molecule has 0 saturated heterocycles. The summed E-state index contributed by atoms with van der Waals surface area (Å²) in [5.41, 5.74) is 2.76. The molecule has 2 aromatic carbocycles. The first kappa shape index (κ1) is 19.4. The fourth-order valence-corrected chi connectivity index (χ4v) is 3.12. The highest BCUT2D eigenvalue weighted by molar-refractivity contribution is 5.91. The van der Waals surface area contributed by atoms with Crippen LogP contribution in [0, 0.1) is 0 Å². The summed E-state index contributed by atoms with van der Waals surface area (Å²) < 4.78 is 7.27. The molecule has 2 heterocycles. The summed E-state index contributed by atoms with van der Waals surface area (Å²) in [7, 11) is 0. The predicted octanol–water partition coefficient (Wildman–Crippen LogP) is 3.84. The molecule has 0 unspecified atom stereocenters. The first-order chi connectivity index (χ1) is 14.7. The van der Waals surface area contributed by atoms with Crippen LogP contribution in [0.3, 0.4) is 0 Å². The maximum absolute atomic E-state index is 12.2. The van der Waals surface area contributed by atoms with Gasteiger partial charge in [0, 0.05) is 30.4 Å². The van der Waals surface area contributed by atoms with Gasteiger partial charge in [0.2, 0.25) is 5.91 Å². The summed E-state index contributed by atoms with van der Waals surface area (Å²) in [6.07, 6.45) is 2.77. The van der Waals surface area contributed by atoms with Crippen molar-refractivity contribution in [1.82, 2.24) is 9.38 Å². The Morgan fingerprint density at radius 3 is 2.67 bits per heavy atom. The molecule has 0 aliphatic carbocycles. The van der Waals surface area contributed by atoms with E-state index in [0.717, 1.165) is 5.56 Å². The van der Waals surface area contributed by atoms with Gasteiger partial charge in [-0.25, -0.2) is 4.98 Å². The molecule has 6 nitrogen and oxygen atoms in total. The van der Waals surface area contributed by atoms with Gasteiger partial charge in [-0.2, -0.15) is 0 Å². The minimum absolute atomic E-state index is 0.0554. The van der Waals surface area contributed by atoms with E-state index in [0.29, 0.717) is 35.6 Å². The van der Waals surface area contributed by atoms with Gasteiger partial charge in [-0.05, 0) is 36.2 Å². The van der Waals surface area contributed by atoms with Crippen molar-refractivity contribution in [3.8, 4) is 5.75 Å². The molecule has 0 atom stereocenters. The number of aryl methyl sites for hydroxylation is 1. The second kappa shape index (κ2) is 9.05. The van der Waals surface area contributed by atoms with Crippen LogP contribution in [0.15, 0.2) is 89.9 Å². The highest BCUT2D eigenvalue weighted by atomic mass is 16.5. The van der Waals surface area contributed by atoms with Crippen LogP contribution in [-0.4, -0.2) is 15.3 Å². The smallest absolute Gasteiger partial charge is 0.258 e. The number of hydrogen-bond acceptors (Lipinski definition) is 4. The van der Waals surface area contributed by atoms with Gasteiger partial charge in [0.1, 0.15) is 18.0 Å². The zero-order valence-electron chi connectivity index (χ0n) is 16.3. The summed E-state index contributed by atoms with van der Waals surface area (Å²) in [5, 5.41) is 2.90. The van der Waals surface area contributed by atoms with E-state index in [1.165, 1.54) is 10.5 Å². The molecule has 150 valence electrons. The van der Waals surface area contributed by atoms with Crippen LogP contribution in [0.25, 0.3) is 5.65 Å². The van der Waals surface area contributed by atoms with Crippen molar-refractivity contribution >= 4 is 17.2 Å². The lowest BCUT2D eigenvalue weighted by Gasteiger charge is -2.10. The van der Waals surface area contributed by atoms with Gasteiger partial charge in [-0.3, -0.25) is 14.0 Å². The maximum atomic E-state index is 12.2. The number of amides is 1. The molecule has 0 aliphatic rings. The number of nitrogens with zero attached hydrogens (tertiary/aromatic N) is 2. The van der Waals surface area contributed by atoms with Crippen molar-refractivity contribution in [3.63, 3.8) is 0 Å². The molecular weight excluding hydrogens is 378 g/mol. The monoisotopic (exact) mass is 399 g/mol. The Morgan fingerprint density at radius 2 is 1.80 bits per heavy atom. The van der Waals surface area contributed by atoms with Crippen LogP contribution in [0.2, 0.25) is 0 Å². The standard InChI is InChI=1S/C24H21N3O3/c28-23(13-12-18-7-2-1-3-8-18)26-19-9-6-10-21(15-19)30-17-20-16-24(29)27-14-5-4-11-22(27)25-20/h1-11,14-16H,12-13,17H2,(H,26,28). The van der Waals surface area contributed by atoms with Crippen molar-refractivity contribution in [2.75, 3.05) is 5.32 Å². The minimum atomic E-state index is -0.154. The van der Waals surface area contributed by atoms with E-state index in [4.69, 9.17) is 4.74 Å². The molecule has 4 rings (SSSR count). The lowest BCUT2D eigenvalue weighted by Crippen LogP contribution is -2.16. The van der Waals surface area contributed by atoms with Crippen LogP contribution in [0.1, 0.15) is 17.7 Å². The number of rotatable bonds is 7. The van der Waals surface area contributed by atoms with E-state index in [1.54, 1.807) is 30.5 Å². The zero-order valence-corrected chi connectivity index (χ0v) is 16.3. The highest BCUT2D eigenvalue weighted by Crippen LogP contribution is 2.19. The van der Waals surface area contributed by atoms with Gasteiger partial charge in [-0.15, -0.1) is 0 Å². The molecule has 6 heteroatoms. The molecule has 0 bridgehead atoms. The first-order valence-electron chi connectivity index (χ1n) is 9.71. The summed E-state index contributed by atoms with van der Waals surface area (Å²) in [6, 6.07) is 23.9. The number of pyridine rings is 1. The number of benzene rings is 2. The lowest BCUT2D eigenvalue weighted by molar-refractivity contribution is -0.116. The number of aromatic nitrogens is 2. The molecule has 0 radical (unpaired) electrons. The van der Waals surface area contributed by atoms with Crippen LogP contribution in [-0.2, 0) is 17.8 Å². The van der Waals surface area contributed by atoms with Gasteiger partial charge < -0.3 is 10.1 Å². The number of nitrogens with one attached hydrogen (secondary N) is 1. The second-order valence-corrected chi connectivity index (χ2v) is 6.86. The minimum Gasteiger partial charge on any atom is -0.487 e. The van der Waals surface area contributed by atoms with Crippen molar-refractivity contribution in [3.05, 3.63) is 107 Å². The predicted molar refractivity (Wildman–Crippen MR) is 116 cm³/mol. The molecule has 0 fully saturated rings. The Bertz CT molecular complexity index is 1220. The Labute approximate surface area is 173 Å². The number of fused-ring (bicyclic) bond motifs is 1. The van der Waals surface area contributed by atoms with E-state index in [9.17, 15) is 9.59 Å². The first-order valence-corrected chi connectivity index (χ1v) is 9.71. The topological polar surface area (TPSA) is 72.7 Å². The molecular formula is C24H21N3O3. The summed E-state index contributed by atoms with van der Waals surface area (Å²) in [5.74, 6) is 0.533. The Balaban J connectivity index is 1.36. The van der Waals surface area contributed by atoms with E-state index in [-0.39, 0.29) is 18.1 Å². The van der Waals surface area contributed by atoms with Crippen LogP contribution in [0.5, 0.6) is 5.75 Å². The molecule has 0 saturated carbocycles. The second-order valence-electron chi connectivity index (χ2n) is 6.86. The molecule has 4 aromatic rings. The van der Waals surface area contributed by atoms with E-state index < -0.39 is 0 Å². The molecule has 2 aromatic heterocycles. The summed E-state index contributed by atoms with van der Waals surface area (Å²) in [6.45, 7) is 0.159. The SMILES string of the molecule is O=C(CCc1ccccc1)Nc1cccc(OCc2cc(=O)n3ccccc3n2)c1. The highest BCUT2D eigenvalue weighted by Gasteiger charge is 2.06. The van der Waals surface area contributed by atoms with Crippen molar-refractivity contribution in [2.24, 2.45) is 0 Å². The van der Waals surface area contributed by atoms with Crippen LogP contribution >= 0.6 is 0 Å². The molecule has 0 aliphatic heterocycles. The average Bonchev–Trinajstić information content (AvgIpc) is 2.77. The third kappa shape index (κ3) is 4.91. The van der Waals surface area contributed by atoms with Gasteiger partial charge in [-0.1, -0.05) is 42.5 Å². The zero-order chi connectivity index (χ0) is 20.8. The fourth-order valence-electron chi connectivity index (χ4n) is 3.12. The van der Waals surface area contributed by atoms with Crippen LogP contribution in [0.4, 0.5) is 5.69 Å². The number of carbonyl (C=O) groups is 1. The normalized spacial score (nSPS) is 10.7. The Morgan fingerprint density at radius 1 is 0.967 bits per heavy atom. The summed E-state index contributed by atoms with van der Waals surface area (Å²) >= 11 is 0. The van der Waals surface area contributed by atoms with Gasteiger partial charge in [0.25, 0.3) is 5.56 Å². The van der Waals surface area contributed by atoms with Crippen molar-refractivity contribution < 1.29 is 9.53 Å². The number of anilines is 1.